The lowest BCUT2D eigenvalue weighted by Crippen LogP contribution is -2.28. The van der Waals surface area contributed by atoms with Crippen LogP contribution in [0.2, 0.25) is 0 Å². The van der Waals surface area contributed by atoms with E-state index in [0.29, 0.717) is 6.42 Å². The molecule has 1 atom stereocenters. The Morgan fingerprint density at radius 3 is 2.11 bits per heavy atom. The van der Waals surface area contributed by atoms with Gasteiger partial charge in [0.1, 0.15) is 0 Å². The van der Waals surface area contributed by atoms with Crippen LogP contribution in [0.4, 0.5) is 0 Å². The third kappa shape index (κ3) is 2.78. The van der Waals surface area contributed by atoms with Crippen molar-refractivity contribution in [2.75, 3.05) is 6.54 Å². The first-order chi connectivity index (χ1) is 4.02. The number of hydrogen-bond donors (Lipinski definition) is 1. The summed E-state index contributed by atoms with van der Waals surface area (Å²) in [6.07, 6.45) is 0.294. The van der Waals surface area contributed by atoms with E-state index in [1.54, 1.807) is 6.92 Å². The fourth-order valence-corrected chi connectivity index (χ4v) is 1.13. The molecule has 0 heterocycles. The van der Waals surface area contributed by atoms with E-state index in [4.69, 9.17) is 5.73 Å². The molecule has 0 radical (unpaired) electrons. The summed E-state index contributed by atoms with van der Waals surface area (Å²) in [6.45, 7) is 1.54. The molecular weight excluding hydrogens is 142 g/mol. The molecule has 4 nitrogen and oxygen atoms in total. The molecule has 0 aromatic heterocycles. The van der Waals surface area contributed by atoms with Crippen LogP contribution in [-0.2, 0) is 10.1 Å². The molecule has 0 bridgehead atoms. The monoisotopic (exact) mass is 152 g/mol. The topological polar surface area (TPSA) is 83.2 Å². The summed E-state index contributed by atoms with van der Waals surface area (Å²) in [5.41, 5.74) is 4.99. The van der Waals surface area contributed by atoms with Gasteiger partial charge in [-0.1, -0.05) is 6.92 Å². The van der Waals surface area contributed by atoms with Crippen molar-refractivity contribution in [2.45, 2.75) is 18.6 Å². The molecule has 9 heavy (non-hydrogen) atoms. The van der Waals surface area contributed by atoms with Crippen LogP contribution >= 0.6 is 0 Å². The molecule has 2 N–H and O–H groups in total. The van der Waals surface area contributed by atoms with E-state index in [0.717, 1.165) is 0 Å². The molecule has 0 aromatic rings. The first kappa shape index (κ1) is 8.87. The van der Waals surface area contributed by atoms with Gasteiger partial charge in [-0.05, 0) is 6.42 Å². The fourth-order valence-electron chi connectivity index (χ4n) is 0.489. The zero-order valence-electron chi connectivity index (χ0n) is 5.20. The first-order valence-corrected chi connectivity index (χ1v) is 4.14. The molecular formula is C4H10NO3S-. The first-order valence-electron chi connectivity index (χ1n) is 2.67. The van der Waals surface area contributed by atoms with Crippen molar-refractivity contribution in [1.29, 1.82) is 0 Å². The highest BCUT2D eigenvalue weighted by atomic mass is 32.2. The maximum absolute atomic E-state index is 10.2. The lowest BCUT2D eigenvalue weighted by atomic mass is 10.3. The van der Waals surface area contributed by atoms with Crippen LogP contribution in [0.5, 0.6) is 0 Å². The Kier molecular flexibility index (Phi) is 3.10. The molecule has 0 aromatic carbocycles. The van der Waals surface area contributed by atoms with Crippen molar-refractivity contribution in [3.8, 4) is 0 Å². The van der Waals surface area contributed by atoms with Crippen molar-refractivity contribution in [1.82, 2.24) is 0 Å². The van der Waals surface area contributed by atoms with Crippen LogP contribution in [0.1, 0.15) is 13.3 Å². The molecule has 0 aliphatic rings. The molecule has 1 unspecified atom stereocenters. The van der Waals surface area contributed by atoms with E-state index in [1.165, 1.54) is 0 Å². The van der Waals surface area contributed by atoms with Crippen LogP contribution in [0, 0.1) is 0 Å². The van der Waals surface area contributed by atoms with Crippen LogP contribution in [0.15, 0.2) is 0 Å². The molecule has 0 saturated heterocycles. The molecule has 0 amide bonds. The minimum Gasteiger partial charge on any atom is -0.748 e. The van der Waals surface area contributed by atoms with Crippen LogP contribution in [0.3, 0.4) is 0 Å². The Bertz CT molecular complexity index is 159. The van der Waals surface area contributed by atoms with Gasteiger partial charge in [-0.15, -0.1) is 0 Å². The summed E-state index contributed by atoms with van der Waals surface area (Å²) < 4.78 is 30.5. The summed E-state index contributed by atoms with van der Waals surface area (Å²) in [7, 11) is -4.14. The summed E-state index contributed by atoms with van der Waals surface area (Å²) in [5.74, 6) is 0. The maximum atomic E-state index is 10.2. The van der Waals surface area contributed by atoms with Crippen molar-refractivity contribution in [2.24, 2.45) is 5.73 Å². The van der Waals surface area contributed by atoms with Crippen LogP contribution in [0.25, 0.3) is 0 Å². The lowest BCUT2D eigenvalue weighted by molar-refractivity contribution is 0.446. The van der Waals surface area contributed by atoms with Gasteiger partial charge in [0.25, 0.3) is 0 Å². The zero-order valence-corrected chi connectivity index (χ0v) is 6.02. The second kappa shape index (κ2) is 3.14. The Balaban J connectivity index is 4.14. The molecule has 0 aliphatic heterocycles. The average molecular weight is 152 g/mol. The second-order valence-corrected chi connectivity index (χ2v) is 3.41. The molecule has 0 aliphatic carbocycles. The van der Waals surface area contributed by atoms with Crippen molar-refractivity contribution < 1.29 is 13.0 Å². The van der Waals surface area contributed by atoms with Crippen molar-refractivity contribution in [3.63, 3.8) is 0 Å². The molecule has 0 fully saturated rings. The fraction of sp³-hybridized carbons (Fsp3) is 1.00. The molecule has 0 saturated carbocycles. The van der Waals surface area contributed by atoms with E-state index < -0.39 is 15.4 Å². The van der Waals surface area contributed by atoms with Gasteiger partial charge in [0, 0.05) is 6.54 Å². The zero-order chi connectivity index (χ0) is 7.49. The quantitative estimate of drug-likeness (QED) is 0.540. The van der Waals surface area contributed by atoms with E-state index in [-0.39, 0.29) is 6.54 Å². The summed E-state index contributed by atoms with van der Waals surface area (Å²) in [4.78, 5) is 0. The molecule has 5 heteroatoms. The second-order valence-electron chi connectivity index (χ2n) is 1.76. The highest BCUT2D eigenvalue weighted by Gasteiger charge is 2.09. The average Bonchev–Trinajstić information content (AvgIpc) is 1.65. The Morgan fingerprint density at radius 1 is 1.67 bits per heavy atom. The van der Waals surface area contributed by atoms with Crippen molar-refractivity contribution >= 4 is 10.1 Å². The van der Waals surface area contributed by atoms with Gasteiger partial charge in [0.2, 0.25) is 0 Å². The SMILES string of the molecule is CCC(CN)S(=O)(=O)[O-]. The minimum absolute atomic E-state index is 0.0810. The largest absolute Gasteiger partial charge is 0.748 e. The van der Waals surface area contributed by atoms with Gasteiger partial charge in [0.05, 0.1) is 15.4 Å². The highest BCUT2D eigenvalue weighted by Crippen LogP contribution is 1.99. The van der Waals surface area contributed by atoms with E-state index in [2.05, 4.69) is 0 Å². The number of nitrogens with two attached hydrogens (primary N) is 1. The molecule has 56 valence electrons. The summed E-state index contributed by atoms with van der Waals surface area (Å²) in [5, 5.41) is -0.905. The van der Waals surface area contributed by atoms with Crippen molar-refractivity contribution in [3.05, 3.63) is 0 Å². The minimum atomic E-state index is -4.14. The number of hydrogen-bond acceptors (Lipinski definition) is 4. The Hall–Kier alpha value is -0.130. The Morgan fingerprint density at radius 2 is 2.11 bits per heavy atom. The van der Waals surface area contributed by atoms with Gasteiger partial charge in [-0.2, -0.15) is 0 Å². The van der Waals surface area contributed by atoms with Gasteiger partial charge in [0.15, 0.2) is 0 Å². The predicted molar refractivity (Wildman–Crippen MR) is 32.8 cm³/mol. The smallest absolute Gasteiger partial charge is 0.0987 e. The molecule has 0 rings (SSSR count). The normalized spacial score (nSPS) is 15.4. The number of rotatable bonds is 3. The highest BCUT2D eigenvalue weighted by molar-refractivity contribution is 7.86. The van der Waals surface area contributed by atoms with Crippen LogP contribution < -0.4 is 5.73 Å². The van der Waals surface area contributed by atoms with Gasteiger partial charge in [-0.25, -0.2) is 8.42 Å². The summed E-state index contributed by atoms with van der Waals surface area (Å²) in [6, 6.07) is 0. The van der Waals surface area contributed by atoms with Gasteiger partial charge < -0.3 is 10.3 Å². The Labute approximate surface area is 54.8 Å². The standard InChI is InChI=1S/C4H11NO3S/c1-2-4(3-5)9(6,7)8/h4H,2-3,5H2,1H3,(H,6,7,8)/p-1. The summed E-state index contributed by atoms with van der Waals surface area (Å²) >= 11 is 0. The lowest BCUT2D eigenvalue weighted by Gasteiger charge is -2.15. The van der Waals surface area contributed by atoms with E-state index >= 15 is 0 Å². The van der Waals surface area contributed by atoms with E-state index in [1.807, 2.05) is 0 Å². The molecule has 0 spiro atoms. The maximum Gasteiger partial charge on any atom is 0.0987 e. The third-order valence-electron chi connectivity index (χ3n) is 1.13. The van der Waals surface area contributed by atoms with E-state index in [9.17, 15) is 13.0 Å². The van der Waals surface area contributed by atoms with Gasteiger partial charge >= 0.3 is 0 Å². The third-order valence-corrected chi connectivity index (χ3v) is 2.47. The predicted octanol–water partition coefficient (Wildman–Crippen LogP) is -0.731. The van der Waals surface area contributed by atoms with Gasteiger partial charge in [-0.3, -0.25) is 0 Å². The van der Waals surface area contributed by atoms with Crippen LogP contribution in [-0.4, -0.2) is 24.8 Å².